The lowest BCUT2D eigenvalue weighted by molar-refractivity contribution is -0.118. The smallest absolute Gasteiger partial charge is 0.254 e. The van der Waals surface area contributed by atoms with E-state index in [-0.39, 0.29) is 30.4 Å². The highest BCUT2D eigenvalue weighted by molar-refractivity contribution is 5.95. The number of nitrogens with zero attached hydrogens (tertiary/aromatic N) is 4. The maximum absolute atomic E-state index is 13.2. The second kappa shape index (κ2) is 10.2. The molecule has 1 saturated carbocycles. The molecule has 2 aromatic rings. The predicted molar refractivity (Wildman–Crippen MR) is 119 cm³/mol. The summed E-state index contributed by atoms with van der Waals surface area (Å²) in [5.41, 5.74) is 1.24. The van der Waals surface area contributed by atoms with E-state index >= 15 is 0 Å². The maximum atomic E-state index is 13.2. The number of piperidine rings is 1. The zero-order valence-electron chi connectivity index (χ0n) is 18.9. The van der Waals surface area contributed by atoms with Crippen LogP contribution in [0.5, 0.6) is 0 Å². The number of carbonyl (C=O) groups is 2. The first-order valence-electron chi connectivity index (χ1n) is 11.6. The Morgan fingerprint density at radius 1 is 1.12 bits per heavy atom. The predicted octanol–water partition coefficient (Wildman–Crippen LogP) is 3.31. The van der Waals surface area contributed by atoms with Crippen LogP contribution < -0.4 is 10.6 Å². The van der Waals surface area contributed by atoms with Crippen molar-refractivity contribution in [1.82, 2.24) is 25.3 Å². The van der Waals surface area contributed by atoms with Gasteiger partial charge < -0.3 is 15.2 Å². The van der Waals surface area contributed by atoms with Crippen molar-refractivity contribution in [3.63, 3.8) is 0 Å². The van der Waals surface area contributed by atoms with Gasteiger partial charge in [0.1, 0.15) is 11.6 Å². The van der Waals surface area contributed by atoms with Gasteiger partial charge in [-0.3, -0.25) is 14.5 Å². The monoisotopic (exact) mass is 440 g/mol. The van der Waals surface area contributed by atoms with Crippen LogP contribution in [0.3, 0.4) is 0 Å². The lowest BCUT2D eigenvalue weighted by Crippen LogP contribution is -2.41. The van der Waals surface area contributed by atoms with Crippen LogP contribution >= 0.6 is 0 Å². The first-order chi connectivity index (χ1) is 15.5. The van der Waals surface area contributed by atoms with Gasteiger partial charge in [-0.15, -0.1) is 0 Å². The van der Waals surface area contributed by atoms with Gasteiger partial charge in [0.05, 0.1) is 23.8 Å². The van der Waals surface area contributed by atoms with E-state index in [4.69, 9.17) is 4.52 Å². The average Bonchev–Trinajstić information content (AvgIpc) is 3.19. The van der Waals surface area contributed by atoms with Gasteiger partial charge in [0.15, 0.2) is 5.82 Å². The summed E-state index contributed by atoms with van der Waals surface area (Å²) in [5.74, 6) is 1.40. The Labute approximate surface area is 188 Å². The van der Waals surface area contributed by atoms with Gasteiger partial charge in [0, 0.05) is 18.3 Å². The molecule has 4 rings (SSSR count). The summed E-state index contributed by atoms with van der Waals surface area (Å²) in [7, 11) is 0. The number of rotatable bonds is 6. The molecule has 2 fully saturated rings. The number of anilines is 1. The molecule has 9 nitrogen and oxygen atoms in total. The molecule has 2 aromatic heterocycles. The van der Waals surface area contributed by atoms with Crippen LogP contribution in [0.15, 0.2) is 16.8 Å². The summed E-state index contributed by atoms with van der Waals surface area (Å²) in [6.45, 7) is 4.58. The third-order valence-corrected chi connectivity index (χ3v) is 6.30. The molecule has 1 aliphatic heterocycles. The summed E-state index contributed by atoms with van der Waals surface area (Å²) in [6, 6.07) is 1.79. The Balaban J connectivity index is 1.51. The number of nitrogens with one attached hydrogen (secondary N) is 2. The van der Waals surface area contributed by atoms with Crippen molar-refractivity contribution < 1.29 is 14.1 Å². The normalized spacial score (nSPS) is 20.1. The quantitative estimate of drug-likeness (QED) is 0.708. The summed E-state index contributed by atoms with van der Waals surface area (Å²) in [4.78, 5) is 36.9. The molecule has 1 aliphatic carbocycles. The number of carbonyl (C=O) groups excluding carboxylic acids is 2. The van der Waals surface area contributed by atoms with Crippen LogP contribution in [0.4, 0.5) is 5.82 Å². The lowest BCUT2D eigenvalue weighted by atomic mass is 9.94. The molecule has 0 aromatic carbocycles. The Morgan fingerprint density at radius 3 is 2.66 bits per heavy atom. The number of aryl methyl sites for hydroxylation is 2. The van der Waals surface area contributed by atoms with Crippen molar-refractivity contribution in [2.45, 2.75) is 77.3 Å². The molecule has 0 unspecified atom stereocenters. The van der Waals surface area contributed by atoms with E-state index in [1.807, 2.05) is 6.92 Å². The van der Waals surface area contributed by atoms with Crippen molar-refractivity contribution in [2.24, 2.45) is 0 Å². The zero-order chi connectivity index (χ0) is 22.5. The van der Waals surface area contributed by atoms with Crippen molar-refractivity contribution in [3.05, 3.63) is 35.1 Å². The molecule has 2 amide bonds. The molecule has 0 spiro atoms. The Bertz CT molecular complexity index is 953. The molecule has 0 radical (unpaired) electrons. The molecular formula is C23H32N6O3. The molecule has 3 heterocycles. The van der Waals surface area contributed by atoms with Crippen LogP contribution in [0.2, 0.25) is 0 Å². The van der Waals surface area contributed by atoms with Crippen LogP contribution in [0, 0.1) is 13.8 Å². The third-order valence-electron chi connectivity index (χ3n) is 6.30. The number of hydrogen-bond donors (Lipinski definition) is 2. The van der Waals surface area contributed by atoms with Crippen LogP contribution in [0.1, 0.15) is 85.0 Å². The molecule has 9 heteroatoms. The van der Waals surface area contributed by atoms with Gasteiger partial charge in [-0.2, -0.15) is 0 Å². The SMILES string of the molecule is Cc1ncc(C(=O)NC2CCCCC2)c([C@@H]2CCCCN2CC(=O)Nc2cc(C)on2)n1. The highest BCUT2D eigenvalue weighted by atomic mass is 16.5. The van der Waals surface area contributed by atoms with Gasteiger partial charge in [-0.25, -0.2) is 9.97 Å². The third kappa shape index (κ3) is 5.51. The fourth-order valence-electron chi connectivity index (χ4n) is 4.71. The number of amides is 2. The van der Waals surface area contributed by atoms with E-state index in [0.717, 1.165) is 57.2 Å². The maximum Gasteiger partial charge on any atom is 0.254 e. The summed E-state index contributed by atoms with van der Waals surface area (Å²) >= 11 is 0. The van der Waals surface area contributed by atoms with E-state index in [1.54, 1.807) is 19.2 Å². The van der Waals surface area contributed by atoms with Crippen molar-refractivity contribution in [3.8, 4) is 0 Å². The van der Waals surface area contributed by atoms with Crippen molar-refractivity contribution in [1.29, 1.82) is 0 Å². The van der Waals surface area contributed by atoms with Gasteiger partial charge >= 0.3 is 0 Å². The molecule has 1 atom stereocenters. The van der Waals surface area contributed by atoms with Crippen molar-refractivity contribution in [2.75, 3.05) is 18.4 Å². The first kappa shape index (κ1) is 22.4. The topological polar surface area (TPSA) is 113 Å². The van der Waals surface area contributed by atoms with Gasteiger partial charge in [-0.05, 0) is 46.1 Å². The number of likely N-dealkylation sites (tertiary alicyclic amines) is 1. The molecule has 2 aliphatic rings. The Kier molecular flexibility index (Phi) is 7.14. The molecule has 2 N–H and O–H groups in total. The minimum atomic E-state index is -0.163. The largest absolute Gasteiger partial charge is 0.360 e. The fraction of sp³-hybridized carbons (Fsp3) is 0.609. The minimum Gasteiger partial charge on any atom is -0.360 e. The van der Waals surface area contributed by atoms with E-state index in [1.165, 1.54) is 6.42 Å². The van der Waals surface area contributed by atoms with E-state index < -0.39 is 0 Å². The molecule has 0 bridgehead atoms. The average molecular weight is 441 g/mol. The van der Waals surface area contributed by atoms with Gasteiger partial charge in [0.2, 0.25) is 5.91 Å². The van der Waals surface area contributed by atoms with E-state index in [2.05, 4.69) is 30.7 Å². The fourth-order valence-corrected chi connectivity index (χ4v) is 4.71. The zero-order valence-corrected chi connectivity index (χ0v) is 18.9. The second-order valence-electron chi connectivity index (χ2n) is 8.88. The number of aromatic nitrogens is 3. The summed E-state index contributed by atoms with van der Waals surface area (Å²) in [5, 5.41) is 9.81. The van der Waals surface area contributed by atoms with Gasteiger partial charge in [0.25, 0.3) is 5.91 Å². The Morgan fingerprint density at radius 2 is 1.91 bits per heavy atom. The van der Waals surface area contributed by atoms with E-state index in [0.29, 0.717) is 23.0 Å². The highest BCUT2D eigenvalue weighted by Gasteiger charge is 2.31. The molecule has 172 valence electrons. The van der Waals surface area contributed by atoms with Crippen LogP contribution in [-0.2, 0) is 4.79 Å². The number of hydrogen-bond acceptors (Lipinski definition) is 7. The highest BCUT2D eigenvalue weighted by Crippen LogP contribution is 2.32. The second-order valence-corrected chi connectivity index (χ2v) is 8.88. The molecule has 1 saturated heterocycles. The molecule has 32 heavy (non-hydrogen) atoms. The summed E-state index contributed by atoms with van der Waals surface area (Å²) in [6.07, 6.45) is 10.1. The minimum absolute atomic E-state index is 0.109. The van der Waals surface area contributed by atoms with Crippen molar-refractivity contribution >= 4 is 17.6 Å². The lowest BCUT2D eigenvalue weighted by Gasteiger charge is -2.35. The van der Waals surface area contributed by atoms with Crippen LogP contribution in [-0.4, -0.2) is 51.0 Å². The summed E-state index contributed by atoms with van der Waals surface area (Å²) < 4.78 is 5.02. The standard InChI is InChI=1S/C23H32N6O3/c1-15-12-20(28-32-15)27-21(30)14-29-11-7-6-10-19(29)22-18(13-24-16(2)25-22)23(31)26-17-8-4-3-5-9-17/h12-13,17,19H,3-11,14H2,1-2H3,(H,26,31)(H,27,28,30)/t19-/m0/s1. The first-order valence-corrected chi connectivity index (χ1v) is 11.6. The van der Waals surface area contributed by atoms with Gasteiger partial charge in [-0.1, -0.05) is 30.8 Å². The molecular weight excluding hydrogens is 408 g/mol. The Hall–Kier alpha value is -2.81. The van der Waals surface area contributed by atoms with Crippen LogP contribution in [0.25, 0.3) is 0 Å². The van der Waals surface area contributed by atoms with E-state index in [9.17, 15) is 9.59 Å².